The fourth-order valence-corrected chi connectivity index (χ4v) is 4.33. The predicted molar refractivity (Wildman–Crippen MR) is 110 cm³/mol. The van der Waals surface area contributed by atoms with E-state index in [1.54, 1.807) is 0 Å². The van der Waals surface area contributed by atoms with Crippen LogP contribution in [-0.4, -0.2) is 28.9 Å². The molecule has 2 aromatic carbocycles. The molecule has 1 aliphatic heterocycles. The van der Waals surface area contributed by atoms with Crippen molar-refractivity contribution in [2.24, 2.45) is 0 Å². The third kappa shape index (κ3) is 3.34. The number of aromatic nitrogens is 1. The molecule has 3 nitrogen and oxygen atoms in total. The number of carbonyl (C=O) groups excluding carboxylic acids is 1. The van der Waals surface area contributed by atoms with Gasteiger partial charge in [0.1, 0.15) is 0 Å². The van der Waals surface area contributed by atoms with Crippen molar-refractivity contribution in [1.29, 1.82) is 0 Å². The molecule has 1 aromatic heterocycles. The van der Waals surface area contributed by atoms with Crippen molar-refractivity contribution in [3.63, 3.8) is 0 Å². The third-order valence-electron chi connectivity index (χ3n) is 5.74. The first-order valence-electron chi connectivity index (χ1n) is 9.76. The standard InChI is InChI=1S/C24H26N2O/c1-16-8-4-5-11-20(16)19-10-7-13-26(15-19)24(27)22-14-18(3)25-23-17(2)9-6-12-21(22)23/h4-6,8-9,11-12,14,19H,7,10,13,15H2,1-3H3/t19-/m1/s1. The second-order valence-electron chi connectivity index (χ2n) is 7.73. The number of hydrogen-bond donors (Lipinski definition) is 0. The molecule has 3 heteroatoms. The number of carbonyl (C=O) groups is 1. The van der Waals surface area contributed by atoms with Crippen LogP contribution in [0.15, 0.2) is 48.5 Å². The molecule has 0 N–H and O–H groups in total. The molecule has 0 saturated carbocycles. The van der Waals surface area contributed by atoms with E-state index in [1.807, 2.05) is 30.0 Å². The van der Waals surface area contributed by atoms with E-state index in [1.165, 1.54) is 11.1 Å². The minimum atomic E-state index is 0.134. The summed E-state index contributed by atoms with van der Waals surface area (Å²) in [4.78, 5) is 20.1. The maximum atomic E-state index is 13.4. The van der Waals surface area contributed by atoms with E-state index in [0.717, 1.165) is 53.7 Å². The number of likely N-dealkylation sites (tertiary alicyclic amines) is 1. The van der Waals surface area contributed by atoms with Crippen molar-refractivity contribution in [2.75, 3.05) is 13.1 Å². The molecule has 0 radical (unpaired) electrons. The van der Waals surface area contributed by atoms with Crippen LogP contribution in [0.1, 0.15) is 51.5 Å². The maximum Gasteiger partial charge on any atom is 0.254 e. The van der Waals surface area contributed by atoms with Gasteiger partial charge in [0.25, 0.3) is 5.91 Å². The number of piperidine rings is 1. The van der Waals surface area contributed by atoms with Gasteiger partial charge in [-0.15, -0.1) is 0 Å². The van der Waals surface area contributed by atoms with Gasteiger partial charge >= 0.3 is 0 Å². The Morgan fingerprint density at radius 3 is 2.63 bits per heavy atom. The molecule has 0 bridgehead atoms. The highest BCUT2D eigenvalue weighted by atomic mass is 16.2. The molecule has 138 valence electrons. The van der Waals surface area contributed by atoms with Crippen LogP contribution in [0.5, 0.6) is 0 Å². The van der Waals surface area contributed by atoms with Gasteiger partial charge in [0.2, 0.25) is 0 Å². The summed E-state index contributed by atoms with van der Waals surface area (Å²) in [5, 5.41) is 0.962. The molecular formula is C24H26N2O. The Kier molecular flexibility index (Phi) is 4.69. The van der Waals surface area contributed by atoms with Gasteiger partial charge in [-0.25, -0.2) is 0 Å². The zero-order valence-electron chi connectivity index (χ0n) is 16.3. The Morgan fingerprint density at radius 2 is 1.81 bits per heavy atom. The quantitative estimate of drug-likeness (QED) is 0.632. The number of rotatable bonds is 2. The highest BCUT2D eigenvalue weighted by molar-refractivity contribution is 6.06. The van der Waals surface area contributed by atoms with Gasteiger partial charge in [0.05, 0.1) is 11.1 Å². The SMILES string of the molecule is Cc1cc(C(=O)N2CCC[C@@H](c3ccccc3C)C2)c2cccc(C)c2n1. The Morgan fingerprint density at radius 1 is 1.04 bits per heavy atom. The number of hydrogen-bond acceptors (Lipinski definition) is 2. The maximum absolute atomic E-state index is 13.4. The number of pyridine rings is 1. The highest BCUT2D eigenvalue weighted by Gasteiger charge is 2.27. The summed E-state index contributed by atoms with van der Waals surface area (Å²) in [6.07, 6.45) is 2.19. The molecule has 0 spiro atoms. The average Bonchev–Trinajstić information content (AvgIpc) is 2.68. The first-order valence-corrected chi connectivity index (χ1v) is 9.76. The van der Waals surface area contributed by atoms with Crippen molar-refractivity contribution in [3.8, 4) is 0 Å². The van der Waals surface area contributed by atoms with Gasteiger partial charge < -0.3 is 4.90 Å². The van der Waals surface area contributed by atoms with Crippen LogP contribution in [0, 0.1) is 20.8 Å². The molecule has 27 heavy (non-hydrogen) atoms. The molecule has 0 unspecified atom stereocenters. The Bertz CT molecular complexity index is 1010. The second kappa shape index (κ2) is 7.15. The number of fused-ring (bicyclic) bond motifs is 1. The van der Waals surface area contributed by atoms with E-state index < -0.39 is 0 Å². The lowest BCUT2D eigenvalue weighted by Gasteiger charge is -2.34. The molecule has 1 atom stereocenters. The summed E-state index contributed by atoms with van der Waals surface area (Å²) in [7, 11) is 0. The monoisotopic (exact) mass is 358 g/mol. The van der Waals surface area contributed by atoms with Gasteiger partial charge in [-0.1, -0.05) is 42.5 Å². The molecule has 1 aliphatic rings. The van der Waals surface area contributed by atoms with Crippen LogP contribution in [-0.2, 0) is 0 Å². The average molecular weight is 358 g/mol. The molecule has 4 rings (SSSR count). The number of aryl methyl sites for hydroxylation is 3. The summed E-state index contributed by atoms with van der Waals surface area (Å²) < 4.78 is 0. The predicted octanol–water partition coefficient (Wildman–Crippen LogP) is 5.18. The van der Waals surface area contributed by atoms with Crippen molar-refractivity contribution >= 4 is 16.8 Å². The summed E-state index contributed by atoms with van der Waals surface area (Å²) in [6.45, 7) is 7.81. The molecular weight excluding hydrogens is 332 g/mol. The second-order valence-corrected chi connectivity index (χ2v) is 7.73. The van der Waals surface area contributed by atoms with Gasteiger partial charge in [0.15, 0.2) is 0 Å². The fourth-order valence-electron chi connectivity index (χ4n) is 4.33. The van der Waals surface area contributed by atoms with Crippen LogP contribution < -0.4 is 0 Å². The molecule has 3 aromatic rings. The van der Waals surface area contributed by atoms with Crippen LogP contribution in [0.3, 0.4) is 0 Å². The van der Waals surface area contributed by atoms with E-state index in [9.17, 15) is 4.79 Å². The first-order chi connectivity index (χ1) is 13.0. The van der Waals surface area contributed by atoms with E-state index in [4.69, 9.17) is 0 Å². The van der Waals surface area contributed by atoms with Crippen LogP contribution in [0.4, 0.5) is 0 Å². The van der Waals surface area contributed by atoms with Gasteiger partial charge in [-0.2, -0.15) is 0 Å². The molecule has 2 heterocycles. The van der Waals surface area contributed by atoms with E-state index in [2.05, 4.69) is 49.2 Å². The van der Waals surface area contributed by atoms with E-state index in [0.29, 0.717) is 5.92 Å². The lowest BCUT2D eigenvalue weighted by molar-refractivity contribution is 0.0708. The number of amides is 1. The third-order valence-corrected chi connectivity index (χ3v) is 5.74. The van der Waals surface area contributed by atoms with E-state index in [-0.39, 0.29) is 5.91 Å². The van der Waals surface area contributed by atoms with Crippen LogP contribution in [0.2, 0.25) is 0 Å². The largest absolute Gasteiger partial charge is 0.338 e. The first kappa shape index (κ1) is 17.7. The van der Waals surface area contributed by atoms with Gasteiger partial charge in [0, 0.05) is 30.1 Å². The Labute approximate surface area is 161 Å². The molecule has 1 fully saturated rings. The van der Waals surface area contributed by atoms with Crippen molar-refractivity contribution in [2.45, 2.75) is 39.5 Å². The fraction of sp³-hybridized carbons (Fsp3) is 0.333. The zero-order chi connectivity index (χ0) is 19.0. The summed E-state index contributed by atoms with van der Waals surface area (Å²) in [6, 6.07) is 16.6. The lowest BCUT2D eigenvalue weighted by Crippen LogP contribution is -2.39. The minimum Gasteiger partial charge on any atom is -0.338 e. The molecule has 1 amide bonds. The summed E-state index contributed by atoms with van der Waals surface area (Å²) >= 11 is 0. The Balaban J connectivity index is 1.68. The topological polar surface area (TPSA) is 33.2 Å². The van der Waals surface area contributed by atoms with Gasteiger partial charge in [-0.05, 0) is 56.4 Å². The molecule has 0 aliphatic carbocycles. The van der Waals surface area contributed by atoms with Crippen LogP contribution in [0.25, 0.3) is 10.9 Å². The number of nitrogens with zero attached hydrogens (tertiary/aromatic N) is 2. The summed E-state index contributed by atoms with van der Waals surface area (Å²) in [5.74, 6) is 0.550. The van der Waals surface area contributed by atoms with Crippen molar-refractivity contribution in [3.05, 3.63) is 76.5 Å². The number of benzene rings is 2. The highest BCUT2D eigenvalue weighted by Crippen LogP contribution is 2.31. The molecule has 1 saturated heterocycles. The Hall–Kier alpha value is -2.68. The normalized spacial score (nSPS) is 17.3. The lowest BCUT2D eigenvalue weighted by atomic mass is 9.87. The zero-order valence-corrected chi connectivity index (χ0v) is 16.3. The minimum absolute atomic E-state index is 0.134. The smallest absolute Gasteiger partial charge is 0.254 e. The van der Waals surface area contributed by atoms with Gasteiger partial charge in [-0.3, -0.25) is 9.78 Å². The van der Waals surface area contributed by atoms with Crippen LogP contribution >= 0.6 is 0 Å². The van der Waals surface area contributed by atoms with E-state index >= 15 is 0 Å². The van der Waals surface area contributed by atoms with Crippen molar-refractivity contribution < 1.29 is 4.79 Å². The van der Waals surface area contributed by atoms with Crippen molar-refractivity contribution in [1.82, 2.24) is 9.88 Å². The summed E-state index contributed by atoms with van der Waals surface area (Å²) in [5.41, 5.74) is 6.42. The number of para-hydroxylation sites is 1.